The normalized spacial score (nSPS) is 22.5. The summed E-state index contributed by atoms with van der Waals surface area (Å²) in [5.74, 6) is -0.204. The van der Waals surface area contributed by atoms with E-state index in [4.69, 9.17) is 18.9 Å². The summed E-state index contributed by atoms with van der Waals surface area (Å²) < 4.78 is 23.0. The van der Waals surface area contributed by atoms with Crippen LogP contribution in [0.25, 0.3) is 0 Å². The first kappa shape index (κ1) is 91.3. The van der Waals surface area contributed by atoms with Gasteiger partial charge in [-0.3, -0.25) is 4.79 Å². The van der Waals surface area contributed by atoms with Crippen LogP contribution < -0.4 is 5.32 Å². The number of aliphatic hydroxyl groups excluding tert-OH is 8. The molecule has 0 aromatic carbocycles. The van der Waals surface area contributed by atoms with Gasteiger partial charge in [0, 0.05) is 6.42 Å². The highest BCUT2D eigenvalue weighted by molar-refractivity contribution is 5.76. The molecule has 1 amide bonds. The van der Waals surface area contributed by atoms with Gasteiger partial charge in [0.25, 0.3) is 0 Å². The van der Waals surface area contributed by atoms with Crippen molar-refractivity contribution in [3.05, 3.63) is 85.1 Å². The number of aliphatic hydroxyl groups is 8. The molecule has 0 radical (unpaired) electrons. The van der Waals surface area contributed by atoms with Crippen molar-refractivity contribution in [2.24, 2.45) is 0 Å². The fourth-order valence-corrected chi connectivity index (χ4v) is 13.2. The number of rotatable bonds is 68. The number of hydrogen-bond acceptors (Lipinski definition) is 13. The topological polar surface area (TPSA) is 228 Å². The summed E-state index contributed by atoms with van der Waals surface area (Å²) in [6, 6.07) is -0.834. The van der Waals surface area contributed by atoms with Crippen LogP contribution in [0, 0.1) is 0 Å². The zero-order valence-electron chi connectivity index (χ0n) is 62.5. The molecule has 2 fully saturated rings. The second-order valence-corrected chi connectivity index (χ2v) is 28.5. The van der Waals surface area contributed by atoms with E-state index in [9.17, 15) is 45.6 Å². The molecule has 0 bridgehead atoms. The molecule has 0 saturated carbocycles. The summed E-state index contributed by atoms with van der Waals surface area (Å²) in [7, 11) is 0. The van der Waals surface area contributed by atoms with Crippen LogP contribution in [-0.2, 0) is 23.7 Å². The Bertz CT molecular complexity index is 1970. The standard InChI is InChI=1S/C84H151NO13/c1-3-5-7-9-11-13-15-17-19-21-23-25-27-29-31-32-33-34-35-36-37-38-39-40-42-44-46-48-50-52-54-56-58-60-62-64-66-68-76(89)85-72(71-95-83-81(94)79(92)82(75(70-87)97-83)98-84-80(93)78(91)77(90)74(69-86)96-84)73(88)67-65-63-61-59-57-55-53-51-49-47-45-43-41-30-28-26-24-22-20-18-16-14-12-10-8-6-4-2/h5,7,11,13,17,19,23,25,29,31,33-34,36-37,72-75,77-84,86-88,90-94H,3-4,6,8-10,12,14-16,18,20-22,24,26-28,30,32,35,38-71H2,1-2H3,(H,85,89)/b7-5-,13-11-,19-17-,25-23-,31-29-,34-33-,37-36-. The fourth-order valence-electron chi connectivity index (χ4n) is 13.2. The number of carbonyl (C=O) groups is 1. The van der Waals surface area contributed by atoms with Gasteiger partial charge in [-0.25, -0.2) is 0 Å². The Hall–Kier alpha value is -2.83. The van der Waals surface area contributed by atoms with E-state index in [1.165, 1.54) is 225 Å². The van der Waals surface area contributed by atoms with Crippen LogP contribution in [0.2, 0.25) is 0 Å². The highest BCUT2D eigenvalue weighted by Gasteiger charge is 2.51. The Labute approximate surface area is 599 Å². The first-order valence-electron chi connectivity index (χ1n) is 40.8. The van der Waals surface area contributed by atoms with Crippen molar-refractivity contribution in [1.82, 2.24) is 5.32 Å². The Morgan fingerprint density at radius 2 is 0.704 bits per heavy atom. The Kier molecular flexibility index (Phi) is 62.7. The third kappa shape index (κ3) is 49.7. The van der Waals surface area contributed by atoms with Gasteiger partial charge in [0.05, 0.1) is 32.0 Å². The lowest BCUT2D eigenvalue weighted by atomic mass is 9.97. The zero-order chi connectivity index (χ0) is 70.8. The maximum Gasteiger partial charge on any atom is 0.220 e. The quantitative estimate of drug-likeness (QED) is 0.0204. The van der Waals surface area contributed by atoms with E-state index >= 15 is 0 Å². The molecule has 14 nitrogen and oxygen atoms in total. The monoisotopic (exact) mass is 1380 g/mol. The van der Waals surface area contributed by atoms with Gasteiger partial charge >= 0.3 is 0 Å². The summed E-state index contributed by atoms with van der Waals surface area (Å²) in [4.78, 5) is 13.4. The van der Waals surface area contributed by atoms with Crippen LogP contribution in [0.5, 0.6) is 0 Å². The third-order valence-electron chi connectivity index (χ3n) is 19.6. The van der Waals surface area contributed by atoms with Gasteiger partial charge in [0.2, 0.25) is 5.91 Å². The number of carbonyl (C=O) groups excluding carboxylic acids is 1. The second kappa shape index (κ2) is 67.4. The van der Waals surface area contributed by atoms with Gasteiger partial charge in [0.15, 0.2) is 12.6 Å². The molecule has 0 aromatic heterocycles. The van der Waals surface area contributed by atoms with E-state index in [0.29, 0.717) is 12.8 Å². The molecule has 12 atom stereocenters. The average Bonchev–Trinajstić information content (AvgIpc) is 0.793. The first-order chi connectivity index (χ1) is 48.1. The Balaban J connectivity index is 1.60. The molecule has 98 heavy (non-hydrogen) atoms. The van der Waals surface area contributed by atoms with Gasteiger partial charge in [-0.15, -0.1) is 0 Å². The van der Waals surface area contributed by atoms with E-state index in [-0.39, 0.29) is 12.5 Å². The maximum atomic E-state index is 13.4. The van der Waals surface area contributed by atoms with E-state index < -0.39 is 86.8 Å². The molecule has 0 aliphatic carbocycles. The number of unbranched alkanes of at least 4 members (excludes halogenated alkanes) is 41. The van der Waals surface area contributed by atoms with Crippen LogP contribution in [0.1, 0.15) is 348 Å². The van der Waals surface area contributed by atoms with Gasteiger partial charge in [-0.1, -0.05) is 356 Å². The van der Waals surface area contributed by atoms with Gasteiger partial charge in [0.1, 0.15) is 48.8 Å². The molecule has 2 saturated heterocycles. The lowest BCUT2D eigenvalue weighted by Gasteiger charge is -2.46. The lowest BCUT2D eigenvalue weighted by molar-refractivity contribution is -0.359. The first-order valence-corrected chi connectivity index (χ1v) is 40.8. The zero-order valence-corrected chi connectivity index (χ0v) is 62.5. The van der Waals surface area contributed by atoms with E-state index in [1.807, 2.05) is 0 Å². The Morgan fingerprint density at radius 3 is 1.08 bits per heavy atom. The predicted molar refractivity (Wildman–Crippen MR) is 406 cm³/mol. The van der Waals surface area contributed by atoms with Gasteiger partial charge < -0.3 is 65.1 Å². The van der Waals surface area contributed by atoms with Crippen molar-refractivity contribution in [2.75, 3.05) is 19.8 Å². The molecule has 2 rings (SSSR count). The smallest absolute Gasteiger partial charge is 0.220 e. The minimum absolute atomic E-state index is 0.204. The highest BCUT2D eigenvalue weighted by atomic mass is 16.7. The van der Waals surface area contributed by atoms with E-state index in [2.05, 4.69) is 104 Å². The fraction of sp³-hybridized carbons (Fsp3) is 0.821. The summed E-state index contributed by atoms with van der Waals surface area (Å²) in [5.41, 5.74) is 0. The number of nitrogens with one attached hydrogen (secondary N) is 1. The van der Waals surface area contributed by atoms with Crippen LogP contribution >= 0.6 is 0 Å². The summed E-state index contributed by atoms with van der Waals surface area (Å²) >= 11 is 0. The number of allylic oxidation sites excluding steroid dienone is 14. The molecule has 2 aliphatic heterocycles. The largest absolute Gasteiger partial charge is 0.394 e. The van der Waals surface area contributed by atoms with Gasteiger partial charge in [-0.2, -0.15) is 0 Å². The van der Waals surface area contributed by atoms with E-state index in [1.54, 1.807) is 0 Å². The minimum atomic E-state index is -1.79. The van der Waals surface area contributed by atoms with Crippen molar-refractivity contribution in [2.45, 2.75) is 421 Å². The van der Waals surface area contributed by atoms with Crippen molar-refractivity contribution in [3.63, 3.8) is 0 Å². The molecular weight excluding hydrogens is 1230 g/mol. The lowest BCUT2D eigenvalue weighted by Crippen LogP contribution is -2.65. The third-order valence-corrected chi connectivity index (χ3v) is 19.6. The van der Waals surface area contributed by atoms with Crippen LogP contribution in [-0.4, -0.2) is 140 Å². The molecule has 2 aliphatic rings. The van der Waals surface area contributed by atoms with Crippen LogP contribution in [0.4, 0.5) is 0 Å². The predicted octanol–water partition coefficient (Wildman–Crippen LogP) is 18.7. The van der Waals surface area contributed by atoms with Crippen LogP contribution in [0.3, 0.4) is 0 Å². The molecule has 2 heterocycles. The number of hydrogen-bond donors (Lipinski definition) is 9. The van der Waals surface area contributed by atoms with E-state index in [0.717, 1.165) is 96.3 Å². The van der Waals surface area contributed by atoms with Crippen molar-refractivity contribution in [3.8, 4) is 0 Å². The van der Waals surface area contributed by atoms with Crippen LogP contribution in [0.15, 0.2) is 85.1 Å². The minimum Gasteiger partial charge on any atom is -0.394 e. The SMILES string of the molecule is CC/C=C\C/C=C\C/C=C\C/C=C\C/C=C\C/C=C\C/C=C\CCCCCCCCCCCCCCCCCC(=O)NC(COC1OC(CO)C(OC2OC(CO)C(O)C(O)C2O)C(O)C1O)C(O)CCCCCCCCCCCCCCCCCCCCCCCCCCCCC. The molecule has 9 N–H and O–H groups in total. The summed E-state index contributed by atoms with van der Waals surface area (Å²) in [5, 5.41) is 87.9. The molecule has 0 aromatic rings. The second-order valence-electron chi connectivity index (χ2n) is 28.5. The molecule has 14 heteroatoms. The molecule has 570 valence electrons. The van der Waals surface area contributed by atoms with Crippen molar-refractivity contribution >= 4 is 5.91 Å². The Morgan fingerprint density at radius 1 is 0.378 bits per heavy atom. The molecule has 12 unspecified atom stereocenters. The average molecular weight is 1380 g/mol. The summed E-state index contributed by atoms with van der Waals surface area (Å²) in [6.07, 6.45) is 77.6. The van der Waals surface area contributed by atoms with Crippen molar-refractivity contribution < 1.29 is 64.6 Å². The summed E-state index contributed by atoms with van der Waals surface area (Å²) in [6.45, 7) is 2.80. The molecular formula is C84H151NO13. The van der Waals surface area contributed by atoms with Gasteiger partial charge in [-0.05, 0) is 70.6 Å². The number of ether oxygens (including phenoxy) is 4. The maximum absolute atomic E-state index is 13.4. The molecule has 0 spiro atoms. The van der Waals surface area contributed by atoms with Crippen molar-refractivity contribution in [1.29, 1.82) is 0 Å². The highest BCUT2D eigenvalue weighted by Crippen LogP contribution is 2.30. The number of amides is 1.